The van der Waals surface area contributed by atoms with Crippen molar-refractivity contribution in [3.63, 3.8) is 0 Å². The van der Waals surface area contributed by atoms with Gasteiger partial charge in [-0.2, -0.15) is 0 Å². The van der Waals surface area contributed by atoms with Gasteiger partial charge >= 0.3 is 0 Å². The second-order valence-corrected chi connectivity index (χ2v) is 11.3. The molecule has 1 aromatic heterocycles. The number of aryl methyl sites for hydroxylation is 1. The van der Waals surface area contributed by atoms with Crippen LogP contribution in [0.3, 0.4) is 0 Å². The van der Waals surface area contributed by atoms with Gasteiger partial charge in [-0.25, -0.2) is 17.7 Å². The molecule has 11 heteroatoms. The van der Waals surface area contributed by atoms with Gasteiger partial charge in [-0.15, -0.1) is 12.4 Å². The van der Waals surface area contributed by atoms with Crippen LogP contribution in [-0.4, -0.2) is 82.0 Å². The number of rotatable bonds is 7. The molecule has 0 radical (unpaired) electrons. The fourth-order valence-electron chi connectivity index (χ4n) is 3.68. The van der Waals surface area contributed by atoms with Crippen molar-refractivity contribution in [2.75, 3.05) is 58.4 Å². The van der Waals surface area contributed by atoms with Crippen LogP contribution < -0.4 is 4.90 Å². The van der Waals surface area contributed by atoms with Gasteiger partial charge in [-0.3, -0.25) is 14.6 Å². The number of fused-ring (bicyclic) bond motifs is 1. The monoisotopic (exact) mass is 524 g/mol. The Morgan fingerprint density at radius 1 is 1.12 bits per heavy atom. The summed E-state index contributed by atoms with van der Waals surface area (Å²) >= 11 is 1.49. The molecule has 0 saturated carbocycles. The van der Waals surface area contributed by atoms with E-state index in [2.05, 4.69) is 4.90 Å². The average molecular weight is 525 g/mol. The third-order valence-corrected chi connectivity index (χ3v) is 8.58. The lowest BCUT2D eigenvalue weighted by Gasteiger charge is -2.29. The third kappa shape index (κ3) is 5.59. The largest absolute Gasteiger partial charge is 0.379 e. The smallest absolute Gasteiger partial charge is 0.260 e. The normalized spacial score (nSPS) is 14.8. The number of thiazole rings is 1. The number of para-hydroxylation sites is 1. The maximum absolute atomic E-state index is 13.6. The minimum Gasteiger partial charge on any atom is -0.379 e. The van der Waals surface area contributed by atoms with Crippen LogP contribution in [0.4, 0.5) is 5.13 Å². The molecular formula is C23H29ClN4O4S2. The van der Waals surface area contributed by atoms with Crippen LogP contribution in [0.25, 0.3) is 10.2 Å². The maximum Gasteiger partial charge on any atom is 0.260 e. The molecule has 0 spiro atoms. The lowest BCUT2D eigenvalue weighted by molar-refractivity contribution is 0.0391. The number of nitrogens with zero attached hydrogens (tertiary/aromatic N) is 4. The number of aromatic nitrogens is 1. The molecule has 1 aliphatic rings. The van der Waals surface area contributed by atoms with Gasteiger partial charge < -0.3 is 4.74 Å². The zero-order chi connectivity index (χ0) is 23.6. The Morgan fingerprint density at radius 2 is 1.79 bits per heavy atom. The van der Waals surface area contributed by atoms with E-state index in [1.54, 1.807) is 17.0 Å². The number of halogens is 1. The quantitative estimate of drug-likeness (QED) is 0.472. The lowest BCUT2D eigenvalue weighted by Crippen LogP contribution is -2.43. The summed E-state index contributed by atoms with van der Waals surface area (Å²) < 4.78 is 32.4. The molecule has 184 valence electrons. The van der Waals surface area contributed by atoms with Crippen molar-refractivity contribution in [3.05, 3.63) is 53.6 Å². The highest BCUT2D eigenvalue weighted by Gasteiger charge is 2.24. The zero-order valence-corrected chi connectivity index (χ0v) is 21.9. The van der Waals surface area contributed by atoms with E-state index in [0.717, 1.165) is 33.2 Å². The average Bonchev–Trinajstić information content (AvgIpc) is 3.25. The van der Waals surface area contributed by atoms with Gasteiger partial charge in [0.25, 0.3) is 5.91 Å². The van der Waals surface area contributed by atoms with Gasteiger partial charge in [-0.05, 0) is 42.8 Å². The van der Waals surface area contributed by atoms with Crippen molar-refractivity contribution in [2.45, 2.75) is 11.8 Å². The van der Waals surface area contributed by atoms with Crippen LogP contribution in [0.15, 0.2) is 47.4 Å². The number of anilines is 1. The number of carbonyl (C=O) groups excluding carboxylic acids is 1. The van der Waals surface area contributed by atoms with Crippen molar-refractivity contribution in [1.29, 1.82) is 0 Å². The number of hydrogen-bond donors (Lipinski definition) is 0. The predicted molar refractivity (Wildman–Crippen MR) is 138 cm³/mol. The van der Waals surface area contributed by atoms with Gasteiger partial charge in [0, 0.05) is 45.8 Å². The summed E-state index contributed by atoms with van der Waals surface area (Å²) in [6.45, 7) is 6.24. The zero-order valence-electron chi connectivity index (χ0n) is 19.4. The van der Waals surface area contributed by atoms with Gasteiger partial charge in [0.2, 0.25) is 10.0 Å². The summed E-state index contributed by atoms with van der Waals surface area (Å²) in [4.78, 5) is 22.5. The fourth-order valence-corrected chi connectivity index (χ4v) is 5.65. The standard InChI is InChI=1S/C23H28N4O4S2.ClH/c1-17-5-4-6-20-21(17)24-23(32-20)27(12-11-26-13-15-31-16-14-26)22(28)18-7-9-19(10-8-18)33(29,30)25(2)3;/h4-10H,11-16H2,1-3H3;1H. The Morgan fingerprint density at radius 3 is 2.41 bits per heavy atom. The fraction of sp³-hybridized carbons (Fsp3) is 0.391. The Kier molecular flexibility index (Phi) is 8.66. The number of sulfonamides is 1. The molecule has 34 heavy (non-hydrogen) atoms. The molecule has 1 aliphatic heterocycles. The molecular weight excluding hydrogens is 496 g/mol. The molecule has 0 atom stereocenters. The van der Waals surface area contributed by atoms with Gasteiger partial charge in [0.15, 0.2) is 5.13 Å². The van der Waals surface area contributed by atoms with E-state index < -0.39 is 10.0 Å². The molecule has 2 aromatic carbocycles. The molecule has 2 heterocycles. The van der Waals surface area contributed by atoms with Crippen molar-refractivity contribution in [3.8, 4) is 0 Å². The highest BCUT2D eigenvalue weighted by molar-refractivity contribution is 7.89. The number of morpholine rings is 1. The van der Waals surface area contributed by atoms with Crippen molar-refractivity contribution in [2.24, 2.45) is 0 Å². The minimum atomic E-state index is -3.56. The summed E-state index contributed by atoms with van der Waals surface area (Å²) in [5.74, 6) is -0.200. The maximum atomic E-state index is 13.6. The number of amides is 1. The second kappa shape index (κ2) is 11.1. The number of ether oxygens (including phenoxy) is 1. The first-order valence-corrected chi connectivity index (χ1v) is 13.0. The molecule has 0 unspecified atom stereocenters. The highest BCUT2D eigenvalue weighted by atomic mass is 35.5. The Bertz CT molecular complexity index is 1240. The molecule has 0 N–H and O–H groups in total. The topological polar surface area (TPSA) is 83.0 Å². The molecule has 8 nitrogen and oxygen atoms in total. The van der Waals surface area contributed by atoms with E-state index in [-0.39, 0.29) is 23.2 Å². The van der Waals surface area contributed by atoms with Crippen molar-refractivity contribution >= 4 is 55.0 Å². The van der Waals surface area contributed by atoms with E-state index in [1.807, 2.05) is 25.1 Å². The first kappa shape index (κ1) is 26.5. The van der Waals surface area contributed by atoms with Crippen molar-refractivity contribution in [1.82, 2.24) is 14.2 Å². The van der Waals surface area contributed by atoms with Crippen LogP contribution in [0.1, 0.15) is 15.9 Å². The number of benzene rings is 2. The molecule has 1 saturated heterocycles. The summed E-state index contributed by atoms with van der Waals surface area (Å²) in [6, 6.07) is 12.1. The van der Waals surface area contributed by atoms with E-state index >= 15 is 0 Å². The Labute approximate surface area is 210 Å². The van der Waals surface area contributed by atoms with Crippen LogP contribution >= 0.6 is 23.7 Å². The lowest BCUT2D eigenvalue weighted by atomic mass is 10.2. The molecule has 0 aliphatic carbocycles. The molecule has 1 amide bonds. The van der Waals surface area contributed by atoms with E-state index in [4.69, 9.17) is 9.72 Å². The summed E-state index contributed by atoms with van der Waals surface area (Å²) in [5, 5.41) is 0.641. The first-order valence-electron chi connectivity index (χ1n) is 10.8. The summed E-state index contributed by atoms with van der Waals surface area (Å²) in [7, 11) is -0.593. The van der Waals surface area contributed by atoms with Crippen LogP contribution in [0.5, 0.6) is 0 Å². The van der Waals surface area contributed by atoms with Crippen LogP contribution in [0.2, 0.25) is 0 Å². The van der Waals surface area contributed by atoms with Crippen LogP contribution in [-0.2, 0) is 14.8 Å². The number of hydrogen-bond acceptors (Lipinski definition) is 7. The van der Waals surface area contributed by atoms with Crippen molar-refractivity contribution < 1.29 is 17.9 Å². The van der Waals surface area contributed by atoms with Gasteiger partial charge in [0.05, 0.1) is 28.3 Å². The molecule has 1 fully saturated rings. The van der Waals surface area contributed by atoms with Gasteiger partial charge in [-0.1, -0.05) is 23.5 Å². The molecule has 4 rings (SSSR count). The highest BCUT2D eigenvalue weighted by Crippen LogP contribution is 2.31. The second-order valence-electron chi connectivity index (χ2n) is 8.14. The summed E-state index contributed by atoms with van der Waals surface area (Å²) in [5.41, 5.74) is 2.38. The third-order valence-electron chi connectivity index (χ3n) is 5.71. The number of carbonyl (C=O) groups is 1. The predicted octanol–water partition coefficient (Wildman–Crippen LogP) is 3.26. The minimum absolute atomic E-state index is 0. The first-order chi connectivity index (χ1) is 15.8. The van der Waals surface area contributed by atoms with E-state index in [9.17, 15) is 13.2 Å². The van der Waals surface area contributed by atoms with Crippen LogP contribution in [0, 0.1) is 6.92 Å². The molecule has 3 aromatic rings. The Hall–Kier alpha value is -2.08. The van der Waals surface area contributed by atoms with E-state index in [1.165, 1.54) is 37.6 Å². The Balaban J connectivity index is 0.00000324. The van der Waals surface area contributed by atoms with Gasteiger partial charge in [0.1, 0.15) is 0 Å². The van der Waals surface area contributed by atoms with E-state index in [0.29, 0.717) is 37.0 Å². The molecule has 0 bridgehead atoms. The summed E-state index contributed by atoms with van der Waals surface area (Å²) in [6.07, 6.45) is 0. The SMILES string of the molecule is Cc1cccc2sc(N(CCN3CCOCC3)C(=O)c3ccc(S(=O)(=O)N(C)C)cc3)nc12.Cl.